The molecule has 0 radical (unpaired) electrons. The van der Waals surface area contributed by atoms with Crippen molar-refractivity contribution in [1.29, 1.82) is 0 Å². The minimum atomic E-state index is -2.56. The Balaban J connectivity index is 1.83. The van der Waals surface area contributed by atoms with Crippen molar-refractivity contribution in [2.24, 2.45) is 11.7 Å². The number of halogens is 2. The fourth-order valence-electron chi connectivity index (χ4n) is 2.64. The van der Waals surface area contributed by atoms with Gasteiger partial charge < -0.3 is 10.6 Å². The van der Waals surface area contributed by atoms with Crippen molar-refractivity contribution >= 4 is 5.91 Å². The van der Waals surface area contributed by atoms with E-state index in [1.54, 1.807) is 4.90 Å². The van der Waals surface area contributed by atoms with E-state index in [-0.39, 0.29) is 30.2 Å². The summed E-state index contributed by atoms with van der Waals surface area (Å²) in [6.45, 7) is 3.16. The molecular weight excluding hydrogens is 226 g/mol. The minimum absolute atomic E-state index is 0.0232. The number of carbonyl (C=O) groups excluding carboxylic acids is 1. The van der Waals surface area contributed by atoms with Crippen molar-refractivity contribution in [3.8, 4) is 0 Å². The first-order valence-corrected chi connectivity index (χ1v) is 6.31. The van der Waals surface area contributed by atoms with Crippen LogP contribution in [0, 0.1) is 5.92 Å². The number of nitrogens with two attached hydrogens (primary N) is 1. The number of carbonyl (C=O) groups is 1. The molecule has 2 N–H and O–H groups in total. The second-order valence-corrected chi connectivity index (χ2v) is 5.54. The van der Waals surface area contributed by atoms with E-state index in [1.807, 2.05) is 6.92 Å². The van der Waals surface area contributed by atoms with Crippen LogP contribution in [0.15, 0.2) is 0 Å². The van der Waals surface area contributed by atoms with E-state index in [9.17, 15) is 13.6 Å². The third-order valence-corrected chi connectivity index (χ3v) is 4.09. The molecule has 98 valence electrons. The van der Waals surface area contributed by atoms with Crippen LogP contribution in [-0.2, 0) is 4.79 Å². The van der Waals surface area contributed by atoms with E-state index in [0.717, 1.165) is 6.42 Å². The molecule has 5 heteroatoms. The molecule has 1 heterocycles. The number of hydrogen-bond acceptors (Lipinski definition) is 2. The van der Waals surface area contributed by atoms with E-state index < -0.39 is 5.92 Å². The number of hydrogen-bond donors (Lipinski definition) is 1. The highest BCUT2D eigenvalue weighted by Gasteiger charge is 2.44. The maximum atomic E-state index is 13.0. The third-order valence-electron chi connectivity index (χ3n) is 4.09. The van der Waals surface area contributed by atoms with Crippen LogP contribution in [0.25, 0.3) is 0 Å². The predicted octanol–water partition coefficient (Wildman–Crippen LogP) is 1.76. The number of nitrogens with zero attached hydrogens (tertiary/aromatic N) is 1. The predicted molar refractivity (Wildman–Crippen MR) is 60.7 cm³/mol. The smallest absolute Gasteiger partial charge is 0.248 e. The van der Waals surface area contributed by atoms with Gasteiger partial charge in [0.2, 0.25) is 11.8 Å². The van der Waals surface area contributed by atoms with Crippen LogP contribution in [0.3, 0.4) is 0 Å². The number of alkyl halides is 2. The monoisotopic (exact) mass is 246 g/mol. The topological polar surface area (TPSA) is 46.3 Å². The van der Waals surface area contributed by atoms with Crippen LogP contribution < -0.4 is 5.73 Å². The van der Waals surface area contributed by atoms with E-state index in [2.05, 4.69) is 0 Å². The molecule has 0 aromatic rings. The molecule has 1 aliphatic carbocycles. The summed E-state index contributed by atoms with van der Waals surface area (Å²) in [5.41, 5.74) is 5.75. The number of likely N-dealkylation sites (tertiary alicyclic amines) is 1. The summed E-state index contributed by atoms with van der Waals surface area (Å²) in [4.78, 5) is 13.7. The molecule has 17 heavy (non-hydrogen) atoms. The number of amides is 1. The van der Waals surface area contributed by atoms with Gasteiger partial charge in [-0.15, -0.1) is 0 Å². The van der Waals surface area contributed by atoms with Crippen molar-refractivity contribution in [3.63, 3.8) is 0 Å². The Hall–Kier alpha value is -0.710. The van der Waals surface area contributed by atoms with Gasteiger partial charge in [-0.05, 0) is 19.3 Å². The lowest BCUT2D eigenvalue weighted by atomic mass is 9.82. The maximum absolute atomic E-state index is 13.0. The Bertz CT molecular complexity index is 304. The highest BCUT2D eigenvalue weighted by atomic mass is 19.3. The summed E-state index contributed by atoms with van der Waals surface area (Å²) in [7, 11) is 0. The zero-order valence-electron chi connectivity index (χ0n) is 10.2. The van der Waals surface area contributed by atoms with Crippen molar-refractivity contribution < 1.29 is 13.6 Å². The summed E-state index contributed by atoms with van der Waals surface area (Å²) < 4.78 is 25.9. The Kier molecular flexibility index (Phi) is 3.14. The highest BCUT2D eigenvalue weighted by Crippen LogP contribution is 2.37. The molecule has 0 atom stereocenters. The van der Waals surface area contributed by atoms with Gasteiger partial charge in [-0.3, -0.25) is 4.79 Å². The molecule has 3 nitrogen and oxygen atoms in total. The fraction of sp³-hybridized carbons (Fsp3) is 0.917. The van der Waals surface area contributed by atoms with Crippen LogP contribution >= 0.6 is 0 Å². The SMILES string of the molecule is CCC1(N)CN(C(=O)C2CCC(F)(F)CC2)C1. The Morgan fingerprint density at radius 2 is 1.88 bits per heavy atom. The molecule has 0 unspecified atom stereocenters. The number of rotatable bonds is 2. The van der Waals surface area contributed by atoms with Crippen molar-refractivity contribution in [1.82, 2.24) is 4.90 Å². The largest absolute Gasteiger partial charge is 0.339 e. The van der Waals surface area contributed by atoms with Crippen LogP contribution in [0.4, 0.5) is 8.78 Å². The lowest BCUT2D eigenvalue weighted by Crippen LogP contribution is -2.69. The first-order valence-electron chi connectivity index (χ1n) is 6.31. The van der Waals surface area contributed by atoms with Gasteiger partial charge in [0.25, 0.3) is 0 Å². The lowest BCUT2D eigenvalue weighted by molar-refractivity contribution is -0.147. The zero-order chi connectivity index (χ0) is 12.7. The molecule has 1 saturated heterocycles. The second kappa shape index (κ2) is 4.19. The third kappa shape index (κ3) is 2.59. The molecule has 1 amide bonds. The molecule has 2 fully saturated rings. The Morgan fingerprint density at radius 3 is 2.35 bits per heavy atom. The van der Waals surface area contributed by atoms with Crippen LogP contribution in [-0.4, -0.2) is 35.4 Å². The van der Waals surface area contributed by atoms with Gasteiger partial charge in [-0.1, -0.05) is 6.92 Å². The first-order chi connectivity index (χ1) is 7.85. The van der Waals surface area contributed by atoms with Gasteiger partial charge in [0, 0.05) is 31.8 Å². The fourth-order valence-corrected chi connectivity index (χ4v) is 2.64. The maximum Gasteiger partial charge on any atom is 0.248 e. The normalized spacial score (nSPS) is 27.6. The van der Waals surface area contributed by atoms with Crippen LogP contribution in [0.5, 0.6) is 0 Å². The van der Waals surface area contributed by atoms with Gasteiger partial charge in [-0.2, -0.15) is 0 Å². The zero-order valence-corrected chi connectivity index (χ0v) is 10.2. The molecule has 0 aromatic carbocycles. The summed E-state index contributed by atoms with van der Waals surface area (Å²) >= 11 is 0. The molecule has 2 aliphatic rings. The molecule has 1 saturated carbocycles. The molecule has 0 aromatic heterocycles. The molecule has 1 aliphatic heterocycles. The summed E-state index contributed by atoms with van der Waals surface area (Å²) in [5, 5.41) is 0. The van der Waals surface area contributed by atoms with Crippen molar-refractivity contribution in [2.75, 3.05) is 13.1 Å². The molecule has 2 rings (SSSR count). The van der Waals surface area contributed by atoms with E-state index >= 15 is 0 Å². The molecule has 0 spiro atoms. The Labute approximate surface area is 100 Å². The first kappa shape index (κ1) is 12.7. The van der Waals surface area contributed by atoms with Crippen LogP contribution in [0.2, 0.25) is 0 Å². The van der Waals surface area contributed by atoms with Gasteiger partial charge in [0.05, 0.1) is 5.54 Å². The van der Waals surface area contributed by atoms with Gasteiger partial charge in [-0.25, -0.2) is 8.78 Å². The average Bonchev–Trinajstić information content (AvgIpc) is 2.24. The average molecular weight is 246 g/mol. The summed E-state index contributed by atoms with van der Waals surface area (Å²) in [6, 6.07) is 0. The summed E-state index contributed by atoms with van der Waals surface area (Å²) in [6.07, 6.45) is 1.16. The summed E-state index contributed by atoms with van der Waals surface area (Å²) in [5.74, 6) is -2.75. The van der Waals surface area contributed by atoms with Gasteiger partial charge in [0.15, 0.2) is 0 Å². The molecule has 0 bridgehead atoms. The van der Waals surface area contributed by atoms with Crippen molar-refractivity contribution in [3.05, 3.63) is 0 Å². The lowest BCUT2D eigenvalue weighted by Gasteiger charge is -2.49. The second-order valence-electron chi connectivity index (χ2n) is 5.54. The highest BCUT2D eigenvalue weighted by molar-refractivity contribution is 5.80. The molecular formula is C12H20F2N2O. The van der Waals surface area contributed by atoms with E-state index in [1.165, 1.54) is 0 Å². The Morgan fingerprint density at radius 1 is 1.35 bits per heavy atom. The minimum Gasteiger partial charge on any atom is -0.339 e. The quantitative estimate of drug-likeness (QED) is 0.807. The van der Waals surface area contributed by atoms with Gasteiger partial charge in [0.1, 0.15) is 0 Å². The van der Waals surface area contributed by atoms with E-state index in [4.69, 9.17) is 5.73 Å². The standard InChI is InChI=1S/C12H20F2N2O/c1-2-11(15)7-16(8-11)10(17)9-3-5-12(13,14)6-4-9/h9H,2-8,15H2,1H3. The van der Waals surface area contributed by atoms with Crippen molar-refractivity contribution in [2.45, 2.75) is 50.5 Å². The van der Waals surface area contributed by atoms with Gasteiger partial charge >= 0.3 is 0 Å². The van der Waals surface area contributed by atoms with E-state index in [0.29, 0.717) is 25.9 Å². The van der Waals surface area contributed by atoms with Crippen LogP contribution in [0.1, 0.15) is 39.0 Å².